The van der Waals surface area contributed by atoms with Crippen LogP contribution in [0.2, 0.25) is 0 Å². The summed E-state index contributed by atoms with van der Waals surface area (Å²) >= 11 is 0. The van der Waals surface area contributed by atoms with Gasteiger partial charge in [0.05, 0.1) is 26.4 Å². The second-order valence-corrected chi connectivity index (χ2v) is 30.3. The molecule has 0 aromatic heterocycles. The average molecular weight is 1400 g/mol. The second-order valence-electron chi connectivity index (χ2n) is 27.4. The van der Waals surface area contributed by atoms with E-state index < -0.39 is 97.5 Å². The summed E-state index contributed by atoms with van der Waals surface area (Å²) in [6, 6.07) is 0. The minimum Gasteiger partial charge on any atom is -0.462 e. The van der Waals surface area contributed by atoms with Crippen molar-refractivity contribution in [2.45, 2.75) is 425 Å². The highest BCUT2D eigenvalue weighted by Gasteiger charge is 2.30. The first kappa shape index (κ1) is 93.1. The van der Waals surface area contributed by atoms with Gasteiger partial charge in [0.1, 0.15) is 19.3 Å². The Labute approximate surface area is 581 Å². The molecule has 17 nitrogen and oxygen atoms in total. The van der Waals surface area contributed by atoms with Gasteiger partial charge in [0.25, 0.3) is 0 Å². The van der Waals surface area contributed by atoms with Crippen molar-refractivity contribution in [1.29, 1.82) is 0 Å². The number of unbranched alkanes of at least 4 members (excludes halogenated alkanes) is 51. The summed E-state index contributed by atoms with van der Waals surface area (Å²) < 4.78 is 68.5. The molecule has 0 aromatic rings. The molecule has 0 radical (unpaired) electrons. The monoisotopic (exact) mass is 1400 g/mol. The van der Waals surface area contributed by atoms with E-state index >= 15 is 0 Å². The molecule has 0 aromatic carbocycles. The molecule has 3 N–H and O–H groups in total. The molecular weight excluding hydrogens is 1250 g/mol. The maximum atomic E-state index is 13.1. The zero-order valence-corrected chi connectivity index (χ0v) is 63.4. The van der Waals surface area contributed by atoms with Crippen LogP contribution in [0.3, 0.4) is 0 Å². The summed E-state index contributed by atoms with van der Waals surface area (Å²) in [5.74, 6) is -2.11. The van der Waals surface area contributed by atoms with E-state index in [0.29, 0.717) is 25.7 Å². The molecule has 95 heavy (non-hydrogen) atoms. The van der Waals surface area contributed by atoms with Crippen LogP contribution in [0, 0.1) is 0 Å². The third-order valence-corrected chi connectivity index (χ3v) is 19.8. The van der Waals surface area contributed by atoms with Gasteiger partial charge in [-0.2, -0.15) is 0 Å². The fourth-order valence-electron chi connectivity index (χ4n) is 11.8. The van der Waals surface area contributed by atoms with Gasteiger partial charge in [0.15, 0.2) is 12.2 Å². The lowest BCUT2D eigenvalue weighted by Crippen LogP contribution is -2.30. The maximum Gasteiger partial charge on any atom is 0.472 e. The summed E-state index contributed by atoms with van der Waals surface area (Å²) in [7, 11) is -9.91. The molecule has 0 fully saturated rings. The fourth-order valence-corrected chi connectivity index (χ4v) is 13.3. The molecule has 0 spiro atoms. The third kappa shape index (κ3) is 70.3. The van der Waals surface area contributed by atoms with E-state index in [9.17, 15) is 43.2 Å². The maximum absolute atomic E-state index is 13.1. The lowest BCUT2D eigenvalue weighted by Gasteiger charge is -2.21. The van der Waals surface area contributed by atoms with E-state index in [4.69, 9.17) is 37.0 Å². The first-order valence-corrected chi connectivity index (χ1v) is 42.8. The summed E-state index contributed by atoms with van der Waals surface area (Å²) in [5, 5.41) is 10.6. The van der Waals surface area contributed by atoms with E-state index in [1.807, 2.05) is 0 Å². The number of phosphoric acid groups is 2. The minimum absolute atomic E-state index is 0.108. The molecule has 0 aliphatic heterocycles. The van der Waals surface area contributed by atoms with Crippen molar-refractivity contribution in [3.05, 3.63) is 0 Å². The lowest BCUT2D eigenvalue weighted by molar-refractivity contribution is -0.161. The molecular formula is C76H148O17P2. The fraction of sp³-hybridized carbons (Fsp3) is 0.947. The number of carbonyl (C=O) groups excluding carboxylic acids is 4. The largest absolute Gasteiger partial charge is 0.472 e. The normalized spacial score (nSPS) is 13.9. The number of hydrogen-bond acceptors (Lipinski definition) is 15. The number of ether oxygens (including phenoxy) is 4. The molecule has 0 rings (SSSR count). The van der Waals surface area contributed by atoms with Crippen LogP contribution in [0.5, 0.6) is 0 Å². The van der Waals surface area contributed by atoms with Crippen molar-refractivity contribution in [3.8, 4) is 0 Å². The van der Waals surface area contributed by atoms with Gasteiger partial charge in [0.2, 0.25) is 0 Å². The van der Waals surface area contributed by atoms with E-state index in [1.165, 1.54) is 238 Å². The van der Waals surface area contributed by atoms with Crippen LogP contribution in [-0.2, 0) is 65.4 Å². The van der Waals surface area contributed by atoms with Crippen LogP contribution in [0.4, 0.5) is 0 Å². The van der Waals surface area contributed by atoms with Crippen molar-refractivity contribution in [1.82, 2.24) is 0 Å². The summed E-state index contributed by atoms with van der Waals surface area (Å²) in [5.41, 5.74) is 0. The van der Waals surface area contributed by atoms with Crippen molar-refractivity contribution < 1.29 is 80.2 Å². The number of esters is 4. The van der Waals surface area contributed by atoms with E-state index in [-0.39, 0.29) is 25.7 Å². The minimum atomic E-state index is -4.96. The molecule has 564 valence electrons. The first-order chi connectivity index (χ1) is 46.2. The SMILES string of the molecule is CCCCCCCCCCCCCCCCCCCCC(=O)O[C@H](COC(=O)CCCCCCCCCCCCCCCCC)COP(=O)(O)OC[C@@H](O)COP(=O)(O)OC[C@@H](COC(=O)CCCCCCCCCCCCC)OC(=O)CCCCCCCCCCCCC. The highest BCUT2D eigenvalue weighted by molar-refractivity contribution is 7.47. The van der Waals surface area contributed by atoms with Crippen LogP contribution in [0.1, 0.15) is 407 Å². The van der Waals surface area contributed by atoms with Crippen molar-refractivity contribution >= 4 is 39.5 Å². The van der Waals surface area contributed by atoms with Gasteiger partial charge < -0.3 is 33.8 Å². The van der Waals surface area contributed by atoms with Crippen molar-refractivity contribution in [2.75, 3.05) is 39.6 Å². The van der Waals surface area contributed by atoms with Gasteiger partial charge in [-0.1, -0.05) is 355 Å². The molecule has 0 aliphatic rings. The van der Waals surface area contributed by atoms with Crippen LogP contribution >= 0.6 is 15.6 Å². The van der Waals surface area contributed by atoms with Gasteiger partial charge in [-0.3, -0.25) is 37.3 Å². The predicted molar refractivity (Wildman–Crippen MR) is 386 cm³/mol. The zero-order valence-electron chi connectivity index (χ0n) is 61.6. The topological polar surface area (TPSA) is 237 Å². The number of carbonyl (C=O) groups is 4. The average Bonchev–Trinajstić information content (AvgIpc) is 1.40. The van der Waals surface area contributed by atoms with Crippen LogP contribution in [0.25, 0.3) is 0 Å². The molecule has 0 bridgehead atoms. The smallest absolute Gasteiger partial charge is 0.462 e. The van der Waals surface area contributed by atoms with Crippen LogP contribution < -0.4 is 0 Å². The van der Waals surface area contributed by atoms with Crippen LogP contribution in [0.15, 0.2) is 0 Å². The van der Waals surface area contributed by atoms with Crippen molar-refractivity contribution in [3.63, 3.8) is 0 Å². The second kappa shape index (κ2) is 70.5. The first-order valence-electron chi connectivity index (χ1n) is 39.8. The van der Waals surface area contributed by atoms with Gasteiger partial charge in [0, 0.05) is 25.7 Å². The van der Waals surface area contributed by atoms with Gasteiger partial charge >= 0.3 is 39.5 Å². The number of aliphatic hydroxyl groups excluding tert-OH is 1. The standard InChI is InChI=1S/C76H148O17P2/c1-5-9-13-17-21-25-29-31-33-34-35-37-39-43-47-51-55-59-63-76(81)93-72(67-87-74(79)61-57-53-49-45-42-38-36-32-30-26-22-18-14-10-6-2)69-91-95(84,85)89-65-70(77)64-88-94(82,83)90-68-71(92-75(80)62-58-54-50-46-41-28-24-20-16-12-8-4)66-86-73(78)60-56-52-48-44-40-27-23-19-15-11-7-3/h70-72,77H,5-69H2,1-4H3,(H,82,83)(H,84,85)/t70-,71+,72+/m0/s1. The summed E-state index contributed by atoms with van der Waals surface area (Å²) in [6.45, 7) is 4.99. The third-order valence-electron chi connectivity index (χ3n) is 17.9. The molecule has 0 aliphatic carbocycles. The van der Waals surface area contributed by atoms with Crippen LogP contribution in [-0.4, -0.2) is 96.7 Å². The Morgan fingerprint density at radius 2 is 0.421 bits per heavy atom. The Balaban J connectivity index is 5.23. The predicted octanol–water partition coefficient (Wildman–Crippen LogP) is 22.6. The number of phosphoric ester groups is 2. The lowest BCUT2D eigenvalue weighted by atomic mass is 10.0. The summed E-state index contributed by atoms with van der Waals surface area (Å²) in [6.07, 6.45) is 60.9. The highest BCUT2D eigenvalue weighted by atomic mass is 31.2. The Morgan fingerprint density at radius 1 is 0.253 bits per heavy atom. The number of hydrogen-bond donors (Lipinski definition) is 3. The molecule has 0 amide bonds. The van der Waals surface area contributed by atoms with E-state index in [2.05, 4.69) is 27.7 Å². The van der Waals surface area contributed by atoms with Gasteiger partial charge in [-0.05, 0) is 25.7 Å². The molecule has 0 heterocycles. The molecule has 0 saturated carbocycles. The zero-order chi connectivity index (χ0) is 69.7. The van der Waals surface area contributed by atoms with Gasteiger partial charge in [-0.15, -0.1) is 0 Å². The Morgan fingerprint density at radius 3 is 0.621 bits per heavy atom. The van der Waals surface area contributed by atoms with E-state index in [0.717, 1.165) is 89.9 Å². The molecule has 19 heteroatoms. The Hall–Kier alpha value is -1.94. The molecule has 0 saturated heterocycles. The Bertz CT molecular complexity index is 1810. The van der Waals surface area contributed by atoms with Gasteiger partial charge in [-0.25, -0.2) is 9.13 Å². The number of rotatable bonds is 77. The quantitative estimate of drug-likeness (QED) is 0.0222. The van der Waals surface area contributed by atoms with Crippen molar-refractivity contribution in [2.24, 2.45) is 0 Å². The summed E-state index contributed by atoms with van der Waals surface area (Å²) in [4.78, 5) is 72.8. The van der Waals surface area contributed by atoms with E-state index in [1.54, 1.807) is 0 Å². The highest BCUT2D eigenvalue weighted by Crippen LogP contribution is 2.45. The molecule has 2 unspecified atom stereocenters. The molecule has 5 atom stereocenters. The number of aliphatic hydroxyl groups is 1. The Kier molecular flexibility index (Phi) is 69.1.